The van der Waals surface area contributed by atoms with Crippen LogP contribution in [0.25, 0.3) is 33.7 Å². The lowest BCUT2D eigenvalue weighted by Crippen LogP contribution is -2.05. The van der Waals surface area contributed by atoms with Gasteiger partial charge in [-0.3, -0.25) is 4.79 Å². The number of rotatable bonds is 5. The Morgan fingerprint density at radius 1 is 1.11 bits per heavy atom. The van der Waals surface area contributed by atoms with Gasteiger partial charge in [-0.15, -0.1) is 0 Å². The Balaban J connectivity index is 1.59. The van der Waals surface area contributed by atoms with Crippen LogP contribution in [0.2, 0.25) is 0 Å². The Bertz CT molecular complexity index is 1140. The molecule has 0 amide bonds. The number of hydrogen-bond acceptors (Lipinski definition) is 6. The van der Waals surface area contributed by atoms with Crippen molar-refractivity contribution in [1.82, 2.24) is 20.1 Å². The minimum Gasteiger partial charge on any atom is -0.334 e. The molecule has 0 atom stereocenters. The van der Waals surface area contributed by atoms with Crippen LogP contribution in [-0.4, -0.2) is 25.9 Å². The Hall–Kier alpha value is -3.07. The second kappa shape index (κ2) is 7.28. The van der Waals surface area contributed by atoms with E-state index in [1.165, 1.54) is 6.33 Å². The first-order valence-electron chi connectivity index (χ1n) is 7.91. The largest absolute Gasteiger partial charge is 0.334 e. The maximum atomic E-state index is 12.3. The first-order valence-corrected chi connectivity index (χ1v) is 8.95. The number of H-pyrrole nitrogens is 1. The Morgan fingerprint density at radius 2 is 1.89 bits per heavy atom. The summed E-state index contributed by atoms with van der Waals surface area (Å²) in [5.41, 5.74) is 2.46. The van der Waals surface area contributed by atoms with Crippen molar-refractivity contribution in [2.24, 2.45) is 0 Å². The zero-order chi connectivity index (χ0) is 18.8. The van der Waals surface area contributed by atoms with Crippen LogP contribution in [0.3, 0.4) is 0 Å². The van der Waals surface area contributed by atoms with Crippen LogP contribution in [0, 0.1) is 0 Å². The van der Waals surface area contributed by atoms with Gasteiger partial charge in [0.2, 0.25) is 5.82 Å². The average Bonchev–Trinajstić information content (AvgIpc) is 3.17. The molecule has 4 rings (SSSR count). The fourth-order valence-corrected chi connectivity index (χ4v) is 3.08. The molecule has 0 bridgehead atoms. The molecule has 0 aliphatic heterocycles. The molecule has 0 saturated carbocycles. The summed E-state index contributed by atoms with van der Waals surface area (Å²) < 4.78 is 29.8. The van der Waals surface area contributed by atoms with Gasteiger partial charge in [-0.05, 0) is 29.8 Å². The Labute approximate surface area is 155 Å². The van der Waals surface area contributed by atoms with Crippen molar-refractivity contribution in [3.05, 3.63) is 64.7 Å². The molecule has 0 aliphatic carbocycles. The third-order valence-corrected chi connectivity index (χ3v) is 4.65. The molecule has 136 valence electrons. The Kier molecular flexibility index (Phi) is 4.68. The van der Waals surface area contributed by atoms with Crippen molar-refractivity contribution in [3.63, 3.8) is 0 Å². The second-order valence-electron chi connectivity index (χ2n) is 5.66. The number of nitrogens with one attached hydrogen (secondary N) is 1. The van der Waals surface area contributed by atoms with Gasteiger partial charge in [0.1, 0.15) is 0 Å². The highest BCUT2D eigenvalue weighted by Crippen LogP contribution is 2.25. The van der Waals surface area contributed by atoms with E-state index in [0.29, 0.717) is 45.5 Å². The summed E-state index contributed by atoms with van der Waals surface area (Å²) >= 11 is 0.574. The lowest BCUT2D eigenvalue weighted by Gasteiger charge is -2.01. The van der Waals surface area contributed by atoms with Gasteiger partial charge in [0.05, 0.1) is 17.2 Å². The molecule has 0 unspecified atom stereocenters. The van der Waals surface area contributed by atoms with Crippen LogP contribution in [0.1, 0.15) is 5.56 Å². The first-order chi connectivity index (χ1) is 13.1. The topological polar surface area (TPSA) is 84.7 Å². The highest BCUT2D eigenvalue weighted by molar-refractivity contribution is 7.98. The molecule has 0 saturated heterocycles. The molecule has 6 nitrogen and oxygen atoms in total. The van der Waals surface area contributed by atoms with Gasteiger partial charge in [0.15, 0.2) is 0 Å². The third-order valence-electron chi connectivity index (χ3n) is 3.90. The smallest absolute Gasteiger partial charge is 0.284 e. The van der Waals surface area contributed by atoms with Gasteiger partial charge in [-0.25, -0.2) is 4.98 Å². The van der Waals surface area contributed by atoms with Crippen molar-refractivity contribution in [2.45, 2.75) is 11.5 Å². The van der Waals surface area contributed by atoms with Crippen molar-refractivity contribution in [3.8, 4) is 22.8 Å². The van der Waals surface area contributed by atoms with Crippen molar-refractivity contribution >= 4 is 22.7 Å². The van der Waals surface area contributed by atoms with Crippen LogP contribution in [-0.2, 0) is 5.75 Å². The van der Waals surface area contributed by atoms with Gasteiger partial charge in [0, 0.05) is 16.9 Å². The summed E-state index contributed by atoms with van der Waals surface area (Å²) in [5.74, 6) is -1.48. The lowest BCUT2D eigenvalue weighted by atomic mass is 10.1. The molecule has 0 fully saturated rings. The summed E-state index contributed by atoms with van der Waals surface area (Å²) in [6, 6.07) is 12.1. The molecule has 2 aromatic carbocycles. The van der Waals surface area contributed by atoms with E-state index in [1.807, 2.05) is 0 Å². The van der Waals surface area contributed by atoms with E-state index < -0.39 is 5.76 Å². The SMILES string of the molecule is O=c1[nH]cnc2cc(-c3noc(-c4ccc(CSC(F)F)cc4)n3)ccc12. The normalized spacial score (nSPS) is 11.4. The summed E-state index contributed by atoms with van der Waals surface area (Å²) in [4.78, 5) is 22.8. The predicted molar refractivity (Wildman–Crippen MR) is 98.4 cm³/mol. The van der Waals surface area contributed by atoms with Crippen LogP contribution in [0.15, 0.2) is 58.1 Å². The van der Waals surface area contributed by atoms with E-state index in [1.54, 1.807) is 42.5 Å². The van der Waals surface area contributed by atoms with E-state index in [-0.39, 0.29) is 11.3 Å². The third kappa shape index (κ3) is 3.72. The molecule has 0 radical (unpaired) electrons. The molecular weight excluding hydrogens is 374 g/mol. The van der Waals surface area contributed by atoms with E-state index in [2.05, 4.69) is 20.1 Å². The van der Waals surface area contributed by atoms with Crippen LogP contribution < -0.4 is 5.56 Å². The molecule has 2 aromatic heterocycles. The molecule has 0 aliphatic rings. The number of thioether (sulfide) groups is 1. The zero-order valence-corrected chi connectivity index (χ0v) is 14.5. The summed E-state index contributed by atoms with van der Waals surface area (Å²) in [7, 11) is 0. The fraction of sp³-hybridized carbons (Fsp3) is 0.111. The van der Waals surface area contributed by atoms with Gasteiger partial charge in [-0.1, -0.05) is 35.1 Å². The average molecular weight is 386 g/mol. The van der Waals surface area contributed by atoms with E-state index in [4.69, 9.17) is 4.52 Å². The minimum absolute atomic E-state index is 0.217. The Morgan fingerprint density at radius 3 is 2.67 bits per heavy atom. The summed E-state index contributed by atoms with van der Waals surface area (Å²) in [6.45, 7) is 0. The number of aromatic amines is 1. The number of nitrogens with zero attached hydrogens (tertiary/aromatic N) is 3. The second-order valence-corrected chi connectivity index (χ2v) is 6.63. The molecule has 2 heterocycles. The number of hydrogen-bond donors (Lipinski definition) is 1. The van der Waals surface area contributed by atoms with Crippen molar-refractivity contribution in [1.29, 1.82) is 0 Å². The fourth-order valence-electron chi connectivity index (χ4n) is 2.57. The monoisotopic (exact) mass is 386 g/mol. The van der Waals surface area contributed by atoms with Crippen LogP contribution in [0.4, 0.5) is 8.78 Å². The number of fused-ring (bicyclic) bond motifs is 1. The van der Waals surface area contributed by atoms with E-state index in [0.717, 1.165) is 5.56 Å². The van der Waals surface area contributed by atoms with E-state index >= 15 is 0 Å². The first kappa shape index (κ1) is 17.3. The highest BCUT2D eigenvalue weighted by Gasteiger charge is 2.12. The van der Waals surface area contributed by atoms with Crippen molar-refractivity contribution < 1.29 is 13.3 Å². The highest BCUT2D eigenvalue weighted by atomic mass is 32.2. The van der Waals surface area contributed by atoms with Gasteiger partial charge in [0.25, 0.3) is 17.2 Å². The number of halogens is 2. The maximum Gasteiger partial charge on any atom is 0.284 e. The quantitative estimate of drug-likeness (QED) is 0.556. The maximum absolute atomic E-state index is 12.3. The molecular formula is C18H12F2N4O2S. The predicted octanol–water partition coefficient (Wildman–Crippen LogP) is 4.10. The molecule has 9 heteroatoms. The zero-order valence-electron chi connectivity index (χ0n) is 13.7. The van der Waals surface area contributed by atoms with Gasteiger partial charge in [-0.2, -0.15) is 13.8 Å². The van der Waals surface area contributed by atoms with Gasteiger partial charge >= 0.3 is 0 Å². The van der Waals surface area contributed by atoms with Crippen LogP contribution in [0.5, 0.6) is 0 Å². The molecule has 4 aromatic rings. The summed E-state index contributed by atoms with van der Waals surface area (Å²) in [5, 5.41) is 4.45. The molecule has 27 heavy (non-hydrogen) atoms. The molecule has 0 spiro atoms. The van der Waals surface area contributed by atoms with Crippen molar-refractivity contribution in [2.75, 3.05) is 0 Å². The van der Waals surface area contributed by atoms with E-state index in [9.17, 15) is 13.6 Å². The minimum atomic E-state index is -2.39. The molecule has 1 N–H and O–H groups in total. The summed E-state index contributed by atoms with van der Waals surface area (Å²) in [6.07, 6.45) is 1.34. The standard InChI is InChI=1S/C18H12F2N4O2S/c19-18(20)27-8-10-1-3-11(4-2-10)17-23-15(24-26-17)12-5-6-13-14(7-12)21-9-22-16(13)25/h1-7,9,18H,8H2,(H,21,22,25). The number of alkyl halides is 2. The number of aromatic nitrogens is 4. The lowest BCUT2D eigenvalue weighted by molar-refractivity contribution is 0.252. The number of benzene rings is 2. The van der Waals surface area contributed by atoms with Gasteiger partial charge < -0.3 is 9.51 Å². The van der Waals surface area contributed by atoms with Crippen LogP contribution >= 0.6 is 11.8 Å².